The molecule has 1 fully saturated rings. The maximum absolute atomic E-state index is 11.4. The van der Waals surface area contributed by atoms with Gasteiger partial charge in [-0.2, -0.15) is 0 Å². The number of carbonyl (C=O) groups is 1. The Labute approximate surface area is 80.0 Å². The molecule has 0 aromatic rings. The standard InChI is InChI=1S/C11H18O2/c1-3-5-7-9-8-10(12)11(13-9)6-4-2/h4,9,11H,2-3,5-8H2,1H3/t9-,11-/m0/s1. The first-order valence-corrected chi connectivity index (χ1v) is 5.07. The lowest BCUT2D eigenvalue weighted by atomic mass is 10.1. The summed E-state index contributed by atoms with van der Waals surface area (Å²) < 4.78 is 5.60. The number of carbonyl (C=O) groups excluding carboxylic acids is 1. The van der Waals surface area contributed by atoms with E-state index in [9.17, 15) is 4.79 Å². The second-order valence-corrected chi connectivity index (χ2v) is 3.58. The molecular weight excluding hydrogens is 164 g/mol. The highest BCUT2D eigenvalue weighted by Gasteiger charge is 2.31. The number of rotatable bonds is 5. The van der Waals surface area contributed by atoms with Gasteiger partial charge in [0.05, 0.1) is 6.10 Å². The number of hydrogen-bond donors (Lipinski definition) is 0. The molecule has 2 heteroatoms. The van der Waals surface area contributed by atoms with E-state index in [1.807, 2.05) is 0 Å². The molecule has 0 bridgehead atoms. The average molecular weight is 182 g/mol. The molecule has 13 heavy (non-hydrogen) atoms. The zero-order valence-corrected chi connectivity index (χ0v) is 8.29. The predicted octanol–water partition coefficient (Wildman–Crippen LogP) is 2.48. The summed E-state index contributed by atoms with van der Waals surface area (Å²) in [7, 11) is 0. The number of Topliss-reactive ketones (excluding diaryl/α,β-unsaturated/α-hetero) is 1. The van der Waals surface area contributed by atoms with Crippen molar-refractivity contribution in [1.29, 1.82) is 0 Å². The van der Waals surface area contributed by atoms with Crippen LogP contribution in [0.4, 0.5) is 0 Å². The molecule has 74 valence electrons. The first-order chi connectivity index (χ1) is 6.27. The molecule has 1 saturated heterocycles. The summed E-state index contributed by atoms with van der Waals surface area (Å²) in [4.78, 5) is 11.4. The molecule has 0 spiro atoms. The van der Waals surface area contributed by atoms with Crippen LogP contribution in [0.15, 0.2) is 12.7 Å². The molecule has 1 rings (SSSR count). The van der Waals surface area contributed by atoms with E-state index < -0.39 is 0 Å². The van der Waals surface area contributed by atoms with Gasteiger partial charge in [0.15, 0.2) is 5.78 Å². The first-order valence-electron chi connectivity index (χ1n) is 5.07. The van der Waals surface area contributed by atoms with Gasteiger partial charge in [0, 0.05) is 6.42 Å². The van der Waals surface area contributed by atoms with E-state index in [1.54, 1.807) is 6.08 Å². The fourth-order valence-electron chi connectivity index (χ4n) is 1.65. The molecule has 2 atom stereocenters. The van der Waals surface area contributed by atoms with Gasteiger partial charge < -0.3 is 4.74 Å². The van der Waals surface area contributed by atoms with Crippen LogP contribution in [0.1, 0.15) is 39.0 Å². The van der Waals surface area contributed by atoms with Crippen LogP contribution in [0.2, 0.25) is 0 Å². The number of unbranched alkanes of at least 4 members (excludes halogenated alkanes) is 1. The largest absolute Gasteiger partial charge is 0.366 e. The Morgan fingerprint density at radius 2 is 2.46 bits per heavy atom. The Kier molecular flexibility index (Phi) is 4.16. The summed E-state index contributed by atoms with van der Waals surface area (Å²) in [5.41, 5.74) is 0. The van der Waals surface area contributed by atoms with Crippen LogP contribution in [0, 0.1) is 0 Å². The van der Waals surface area contributed by atoms with Crippen LogP contribution < -0.4 is 0 Å². The second kappa shape index (κ2) is 5.18. The van der Waals surface area contributed by atoms with E-state index in [2.05, 4.69) is 13.5 Å². The summed E-state index contributed by atoms with van der Waals surface area (Å²) in [5, 5.41) is 0. The molecule has 0 aromatic carbocycles. The fourth-order valence-corrected chi connectivity index (χ4v) is 1.65. The third kappa shape index (κ3) is 2.96. The molecular formula is C11H18O2. The Hall–Kier alpha value is -0.630. The quantitative estimate of drug-likeness (QED) is 0.610. The minimum absolute atomic E-state index is 0.178. The summed E-state index contributed by atoms with van der Waals surface area (Å²) in [6, 6.07) is 0. The Morgan fingerprint density at radius 3 is 3.08 bits per heavy atom. The first kappa shape index (κ1) is 10.5. The van der Waals surface area contributed by atoms with Crippen LogP contribution in [0.25, 0.3) is 0 Å². The number of ether oxygens (including phenoxy) is 1. The number of ketones is 1. The van der Waals surface area contributed by atoms with Crippen molar-refractivity contribution in [3.8, 4) is 0 Å². The third-order valence-electron chi connectivity index (χ3n) is 2.41. The zero-order valence-electron chi connectivity index (χ0n) is 8.29. The maximum atomic E-state index is 11.4. The van der Waals surface area contributed by atoms with E-state index in [-0.39, 0.29) is 18.0 Å². The van der Waals surface area contributed by atoms with Crippen LogP contribution in [-0.4, -0.2) is 18.0 Å². The van der Waals surface area contributed by atoms with Crippen molar-refractivity contribution in [1.82, 2.24) is 0 Å². The SMILES string of the molecule is C=CC[C@@H]1O[C@@H](CCCC)CC1=O. The van der Waals surface area contributed by atoms with Gasteiger partial charge in [-0.1, -0.05) is 25.8 Å². The molecule has 0 unspecified atom stereocenters. The highest BCUT2D eigenvalue weighted by molar-refractivity contribution is 5.85. The van der Waals surface area contributed by atoms with Crippen LogP contribution in [-0.2, 0) is 9.53 Å². The van der Waals surface area contributed by atoms with E-state index >= 15 is 0 Å². The Bertz CT molecular complexity index is 187. The fraction of sp³-hybridized carbons (Fsp3) is 0.727. The molecule has 0 aliphatic carbocycles. The molecule has 0 saturated carbocycles. The molecule has 1 aliphatic heterocycles. The maximum Gasteiger partial charge on any atom is 0.164 e. The van der Waals surface area contributed by atoms with Crippen molar-refractivity contribution < 1.29 is 9.53 Å². The second-order valence-electron chi connectivity index (χ2n) is 3.58. The lowest BCUT2D eigenvalue weighted by Crippen LogP contribution is -2.14. The van der Waals surface area contributed by atoms with Crippen LogP contribution in [0.3, 0.4) is 0 Å². The van der Waals surface area contributed by atoms with Crippen molar-refractivity contribution in [2.75, 3.05) is 0 Å². The van der Waals surface area contributed by atoms with Gasteiger partial charge in [-0.15, -0.1) is 6.58 Å². The molecule has 0 N–H and O–H groups in total. The van der Waals surface area contributed by atoms with E-state index in [4.69, 9.17) is 4.74 Å². The average Bonchev–Trinajstić information content (AvgIpc) is 2.45. The molecule has 0 radical (unpaired) electrons. The smallest absolute Gasteiger partial charge is 0.164 e. The van der Waals surface area contributed by atoms with Crippen molar-refractivity contribution >= 4 is 5.78 Å². The van der Waals surface area contributed by atoms with Crippen molar-refractivity contribution in [3.05, 3.63) is 12.7 Å². The summed E-state index contributed by atoms with van der Waals surface area (Å²) in [6.45, 7) is 5.76. The minimum atomic E-state index is -0.195. The lowest BCUT2D eigenvalue weighted by Gasteiger charge is -2.09. The van der Waals surface area contributed by atoms with E-state index in [0.29, 0.717) is 12.8 Å². The van der Waals surface area contributed by atoms with Crippen molar-refractivity contribution in [2.24, 2.45) is 0 Å². The van der Waals surface area contributed by atoms with Gasteiger partial charge in [0.2, 0.25) is 0 Å². The summed E-state index contributed by atoms with van der Waals surface area (Å²) in [6.07, 6.45) is 6.36. The van der Waals surface area contributed by atoms with Gasteiger partial charge in [-0.05, 0) is 12.8 Å². The third-order valence-corrected chi connectivity index (χ3v) is 2.41. The van der Waals surface area contributed by atoms with Crippen LogP contribution in [0.5, 0.6) is 0 Å². The Morgan fingerprint density at radius 1 is 1.69 bits per heavy atom. The lowest BCUT2D eigenvalue weighted by molar-refractivity contribution is -0.122. The molecule has 1 aliphatic rings. The highest BCUT2D eigenvalue weighted by Crippen LogP contribution is 2.22. The predicted molar refractivity (Wildman–Crippen MR) is 52.6 cm³/mol. The normalized spacial score (nSPS) is 27.9. The monoisotopic (exact) mass is 182 g/mol. The highest BCUT2D eigenvalue weighted by atomic mass is 16.5. The molecule has 2 nitrogen and oxygen atoms in total. The minimum Gasteiger partial charge on any atom is -0.366 e. The number of hydrogen-bond acceptors (Lipinski definition) is 2. The molecule has 0 aromatic heterocycles. The van der Waals surface area contributed by atoms with Gasteiger partial charge in [0.25, 0.3) is 0 Å². The van der Waals surface area contributed by atoms with E-state index in [1.165, 1.54) is 6.42 Å². The van der Waals surface area contributed by atoms with Gasteiger partial charge >= 0.3 is 0 Å². The van der Waals surface area contributed by atoms with Crippen LogP contribution >= 0.6 is 0 Å². The van der Waals surface area contributed by atoms with Crippen molar-refractivity contribution in [2.45, 2.75) is 51.2 Å². The van der Waals surface area contributed by atoms with Gasteiger partial charge in [0.1, 0.15) is 6.10 Å². The molecule has 0 amide bonds. The van der Waals surface area contributed by atoms with E-state index in [0.717, 1.165) is 12.8 Å². The topological polar surface area (TPSA) is 26.3 Å². The zero-order chi connectivity index (χ0) is 9.68. The Balaban J connectivity index is 2.31. The van der Waals surface area contributed by atoms with Gasteiger partial charge in [-0.3, -0.25) is 4.79 Å². The summed E-state index contributed by atoms with van der Waals surface area (Å²) in [5.74, 6) is 0.251. The summed E-state index contributed by atoms with van der Waals surface area (Å²) >= 11 is 0. The molecule has 1 heterocycles. The van der Waals surface area contributed by atoms with Gasteiger partial charge in [-0.25, -0.2) is 0 Å². The van der Waals surface area contributed by atoms with Crippen molar-refractivity contribution in [3.63, 3.8) is 0 Å².